The van der Waals surface area contributed by atoms with Crippen LogP contribution in [0.4, 0.5) is 10.2 Å². The van der Waals surface area contributed by atoms with Gasteiger partial charge in [-0.2, -0.15) is 10.5 Å². The smallest absolute Gasteiger partial charge is 0.213 e. The molecule has 0 amide bonds. The highest BCUT2D eigenvalue weighted by Crippen LogP contribution is 2.41. The van der Waals surface area contributed by atoms with Gasteiger partial charge >= 0.3 is 0 Å². The second kappa shape index (κ2) is 8.20. The van der Waals surface area contributed by atoms with Crippen LogP contribution in [0.25, 0.3) is 0 Å². The number of pyridine rings is 2. The molecule has 2 aromatic heterocycles. The van der Waals surface area contributed by atoms with E-state index in [-0.39, 0.29) is 11.3 Å². The van der Waals surface area contributed by atoms with Gasteiger partial charge in [0.2, 0.25) is 5.88 Å². The Morgan fingerprint density at radius 2 is 2.09 bits per heavy atom. The van der Waals surface area contributed by atoms with E-state index in [4.69, 9.17) is 16.3 Å². The maximum absolute atomic E-state index is 13.0. The van der Waals surface area contributed by atoms with E-state index in [1.54, 1.807) is 6.20 Å². The molecule has 1 N–H and O–H groups in total. The molecule has 3 heterocycles. The molecule has 5 rings (SSSR count). The summed E-state index contributed by atoms with van der Waals surface area (Å²) in [4.78, 5) is 11.1. The summed E-state index contributed by atoms with van der Waals surface area (Å²) in [5.41, 5.74) is 2.71. The van der Waals surface area contributed by atoms with Crippen molar-refractivity contribution in [2.45, 2.75) is 63.0 Å². The summed E-state index contributed by atoms with van der Waals surface area (Å²) in [6.45, 7) is 2.04. The minimum Gasteiger partial charge on any atom is -0.474 e. The van der Waals surface area contributed by atoms with Crippen molar-refractivity contribution >= 4 is 17.4 Å². The molecule has 2 aromatic rings. The molecule has 0 spiro atoms. The molecule has 7 nitrogen and oxygen atoms in total. The summed E-state index contributed by atoms with van der Waals surface area (Å²) in [5.74, 6) is 1.12. The number of aromatic nitrogens is 2. The molecule has 0 bridgehead atoms. The zero-order valence-electron chi connectivity index (χ0n) is 17.4. The third-order valence-electron chi connectivity index (χ3n) is 6.39. The number of nitriles is 2. The van der Waals surface area contributed by atoms with Gasteiger partial charge in [-0.15, -0.1) is 0 Å². The number of ether oxygens (including phenoxy) is 1. The third-order valence-corrected chi connectivity index (χ3v) is 6.66. The van der Waals surface area contributed by atoms with Crippen molar-refractivity contribution in [1.82, 2.24) is 14.9 Å². The fourth-order valence-corrected chi connectivity index (χ4v) is 4.47. The van der Waals surface area contributed by atoms with Crippen LogP contribution in [0.5, 0.6) is 5.88 Å². The fourth-order valence-electron chi connectivity index (χ4n) is 4.23. The number of fused-ring (bicyclic) bond motifs is 1. The Labute approximate surface area is 190 Å². The Kier molecular flexibility index (Phi) is 5.36. The van der Waals surface area contributed by atoms with Crippen LogP contribution in [0.2, 0.25) is 5.15 Å². The lowest BCUT2D eigenvalue weighted by Gasteiger charge is -2.31. The van der Waals surface area contributed by atoms with Gasteiger partial charge < -0.3 is 10.1 Å². The van der Waals surface area contributed by atoms with Crippen LogP contribution in [0.15, 0.2) is 18.3 Å². The Bertz CT molecular complexity index is 1120. The van der Waals surface area contributed by atoms with Crippen molar-refractivity contribution in [1.29, 1.82) is 10.5 Å². The zero-order chi connectivity index (χ0) is 22.3. The van der Waals surface area contributed by atoms with Crippen LogP contribution in [-0.2, 0) is 19.5 Å². The topological polar surface area (TPSA) is 97.9 Å². The molecule has 3 aliphatic rings. The monoisotopic (exact) mass is 452 g/mol. The first-order valence-electron chi connectivity index (χ1n) is 10.8. The molecule has 0 unspecified atom stereocenters. The van der Waals surface area contributed by atoms with Gasteiger partial charge in [0.25, 0.3) is 0 Å². The summed E-state index contributed by atoms with van der Waals surface area (Å²) in [7, 11) is 0. The number of nitrogens with one attached hydrogen (secondary N) is 1. The molecule has 1 aliphatic heterocycles. The number of alkyl halides is 1. The van der Waals surface area contributed by atoms with E-state index in [1.807, 2.05) is 12.1 Å². The van der Waals surface area contributed by atoms with Crippen molar-refractivity contribution < 1.29 is 9.13 Å². The van der Waals surface area contributed by atoms with Crippen LogP contribution < -0.4 is 10.1 Å². The van der Waals surface area contributed by atoms with E-state index in [0.717, 1.165) is 36.1 Å². The summed E-state index contributed by atoms with van der Waals surface area (Å²) in [6.07, 6.45) is 4.04. The van der Waals surface area contributed by atoms with Gasteiger partial charge in [0, 0.05) is 50.3 Å². The molecule has 2 aliphatic carbocycles. The van der Waals surface area contributed by atoms with E-state index in [2.05, 4.69) is 32.3 Å². The Balaban J connectivity index is 1.31. The average molecular weight is 453 g/mol. The summed E-state index contributed by atoms with van der Waals surface area (Å²) >= 11 is 6.29. The Hall–Kier alpha value is -2.94. The van der Waals surface area contributed by atoms with E-state index in [1.165, 1.54) is 0 Å². The predicted octanol–water partition coefficient (Wildman–Crippen LogP) is 3.91. The molecular formula is C23H22ClFN6O. The van der Waals surface area contributed by atoms with Crippen molar-refractivity contribution in [2.24, 2.45) is 0 Å². The first-order valence-corrected chi connectivity index (χ1v) is 11.2. The molecule has 0 radical (unpaired) electrons. The first-order chi connectivity index (χ1) is 15.5. The van der Waals surface area contributed by atoms with Gasteiger partial charge in [-0.3, -0.25) is 4.90 Å². The highest BCUT2D eigenvalue weighted by Gasteiger charge is 2.44. The van der Waals surface area contributed by atoms with Crippen LogP contribution in [0.3, 0.4) is 0 Å². The molecule has 0 atom stereocenters. The third kappa shape index (κ3) is 4.09. The minimum absolute atomic E-state index is 0.0790. The SMILES string of the molecule is N#Cc1c(Cl)nc(NC2(C#N)CC2)c2c1CCN(Cc1ccc(O[C@H]3C[C@H](F)C3)nc1)C2. The minimum atomic E-state index is -0.755. The highest BCUT2D eigenvalue weighted by molar-refractivity contribution is 6.30. The predicted molar refractivity (Wildman–Crippen MR) is 116 cm³/mol. The number of nitrogens with zero attached hydrogens (tertiary/aromatic N) is 5. The van der Waals surface area contributed by atoms with Crippen molar-refractivity contribution in [2.75, 3.05) is 11.9 Å². The zero-order valence-corrected chi connectivity index (χ0v) is 18.2. The largest absolute Gasteiger partial charge is 0.474 e. The van der Waals surface area contributed by atoms with Gasteiger partial charge in [0.15, 0.2) is 0 Å². The highest BCUT2D eigenvalue weighted by atomic mass is 35.5. The first kappa shape index (κ1) is 20.9. The number of anilines is 1. The van der Waals surface area contributed by atoms with Gasteiger partial charge in [0.1, 0.15) is 34.9 Å². The average Bonchev–Trinajstić information content (AvgIpc) is 3.54. The molecule has 0 aromatic carbocycles. The molecule has 164 valence electrons. The summed E-state index contributed by atoms with van der Waals surface area (Å²) in [6, 6.07) is 8.31. The van der Waals surface area contributed by atoms with Gasteiger partial charge in [-0.05, 0) is 30.4 Å². The van der Waals surface area contributed by atoms with Crippen LogP contribution in [0.1, 0.15) is 47.9 Å². The Morgan fingerprint density at radius 3 is 2.72 bits per heavy atom. The van der Waals surface area contributed by atoms with Crippen molar-refractivity contribution in [3.63, 3.8) is 0 Å². The number of hydrogen-bond donors (Lipinski definition) is 1. The number of halogens is 2. The molecular weight excluding hydrogens is 431 g/mol. The van der Waals surface area contributed by atoms with Gasteiger partial charge in [-0.1, -0.05) is 17.7 Å². The standard InChI is InChI=1S/C23H22ClFN6O/c24-21-18(9-26)17-3-6-31(12-19(17)22(29-21)30-23(13-27)4-5-23)11-14-1-2-20(28-10-14)32-16-7-15(25)8-16/h1-2,10,15-16H,3-8,11-12H2,(H,29,30)/t15-,16-. The lowest BCUT2D eigenvalue weighted by molar-refractivity contribution is 0.0377. The molecule has 2 saturated carbocycles. The number of rotatable bonds is 6. The van der Waals surface area contributed by atoms with Gasteiger partial charge in [-0.25, -0.2) is 14.4 Å². The number of hydrogen-bond acceptors (Lipinski definition) is 7. The summed E-state index contributed by atoms with van der Waals surface area (Å²) < 4.78 is 18.6. The fraction of sp³-hybridized carbons (Fsp3) is 0.478. The van der Waals surface area contributed by atoms with E-state index in [9.17, 15) is 14.9 Å². The van der Waals surface area contributed by atoms with Crippen molar-refractivity contribution in [3.8, 4) is 18.0 Å². The molecule has 0 saturated heterocycles. The van der Waals surface area contributed by atoms with Crippen LogP contribution >= 0.6 is 11.6 Å². The molecule has 9 heteroatoms. The second-order valence-electron chi connectivity index (χ2n) is 8.79. The normalized spacial score (nSPS) is 23.2. The van der Waals surface area contributed by atoms with Crippen LogP contribution in [-0.4, -0.2) is 39.2 Å². The molecule has 2 fully saturated rings. The maximum Gasteiger partial charge on any atom is 0.213 e. The van der Waals surface area contributed by atoms with Gasteiger partial charge in [0.05, 0.1) is 11.6 Å². The summed E-state index contributed by atoms with van der Waals surface area (Å²) in [5, 5.41) is 22.5. The lowest BCUT2D eigenvalue weighted by Crippen LogP contribution is -2.35. The van der Waals surface area contributed by atoms with E-state index < -0.39 is 11.7 Å². The lowest BCUT2D eigenvalue weighted by atomic mass is 9.94. The Morgan fingerprint density at radius 1 is 1.28 bits per heavy atom. The van der Waals surface area contributed by atoms with E-state index in [0.29, 0.717) is 49.6 Å². The maximum atomic E-state index is 13.0. The van der Waals surface area contributed by atoms with E-state index >= 15 is 0 Å². The molecule has 32 heavy (non-hydrogen) atoms. The van der Waals surface area contributed by atoms with Crippen molar-refractivity contribution in [3.05, 3.63) is 45.7 Å². The van der Waals surface area contributed by atoms with Crippen LogP contribution in [0, 0.1) is 22.7 Å². The second-order valence-corrected chi connectivity index (χ2v) is 9.15. The quantitative estimate of drug-likeness (QED) is 0.663.